The van der Waals surface area contributed by atoms with Crippen LogP contribution in [-0.2, 0) is 11.2 Å². The van der Waals surface area contributed by atoms with Gasteiger partial charge < -0.3 is 9.47 Å². The number of carbonyl (C=O) groups is 1. The predicted octanol–water partition coefficient (Wildman–Crippen LogP) is 2.99. The fourth-order valence-electron chi connectivity index (χ4n) is 1.81. The summed E-state index contributed by atoms with van der Waals surface area (Å²) in [6, 6.07) is 3.50. The highest BCUT2D eigenvalue weighted by molar-refractivity contribution is 14.1. The van der Waals surface area contributed by atoms with Gasteiger partial charge in [-0.2, -0.15) is 13.2 Å². The van der Waals surface area contributed by atoms with Crippen molar-refractivity contribution in [3.63, 3.8) is 0 Å². The quantitative estimate of drug-likeness (QED) is 0.590. The number of hydrogen-bond acceptors (Lipinski definition) is 3. The number of halogens is 4. The molecule has 1 aliphatic rings. The molecule has 1 aromatic rings. The molecule has 0 fully saturated rings. The molecule has 0 spiro atoms. The number of hydrogen-bond donors (Lipinski definition) is 0. The molecule has 0 aliphatic carbocycles. The lowest BCUT2D eigenvalue weighted by Gasteiger charge is -2.10. The molecule has 104 valence electrons. The summed E-state index contributed by atoms with van der Waals surface area (Å²) in [6.45, 7) is -1.54. The van der Waals surface area contributed by atoms with Gasteiger partial charge in [0.15, 0.2) is 5.78 Å². The zero-order chi connectivity index (χ0) is 14.0. The van der Waals surface area contributed by atoms with Crippen LogP contribution in [-0.4, -0.2) is 31.8 Å². The van der Waals surface area contributed by atoms with E-state index in [1.54, 1.807) is 6.07 Å². The Balaban J connectivity index is 2.08. The maximum absolute atomic E-state index is 11.9. The molecule has 0 saturated heterocycles. The molecule has 0 aromatic heterocycles. The molecule has 1 aliphatic heterocycles. The lowest BCUT2D eigenvalue weighted by atomic mass is 10.1. The Morgan fingerprint density at radius 1 is 1.42 bits per heavy atom. The SMILES string of the molecule is O=C(COCC(F)(F)F)c1cc(I)cc2c1OCC2. The molecule has 0 N–H and O–H groups in total. The van der Waals surface area contributed by atoms with E-state index >= 15 is 0 Å². The van der Waals surface area contributed by atoms with E-state index in [2.05, 4.69) is 27.3 Å². The largest absolute Gasteiger partial charge is 0.492 e. The molecule has 0 atom stereocenters. The predicted molar refractivity (Wildman–Crippen MR) is 69.6 cm³/mol. The summed E-state index contributed by atoms with van der Waals surface area (Å²) >= 11 is 2.05. The fourth-order valence-corrected chi connectivity index (χ4v) is 2.50. The van der Waals surface area contributed by atoms with Crippen LogP contribution >= 0.6 is 22.6 Å². The van der Waals surface area contributed by atoms with Gasteiger partial charge in [-0.25, -0.2) is 0 Å². The van der Waals surface area contributed by atoms with Crippen molar-refractivity contribution in [2.24, 2.45) is 0 Å². The van der Waals surface area contributed by atoms with Crippen molar-refractivity contribution in [1.82, 2.24) is 0 Å². The zero-order valence-corrected chi connectivity index (χ0v) is 11.9. The zero-order valence-electron chi connectivity index (χ0n) is 9.72. The van der Waals surface area contributed by atoms with Crippen LogP contribution in [0.5, 0.6) is 5.75 Å². The second-order valence-corrected chi connectivity index (χ2v) is 5.32. The van der Waals surface area contributed by atoms with E-state index in [1.807, 2.05) is 6.07 Å². The van der Waals surface area contributed by atoms with E-state index in [1.165, 1.54) is 0 Å². The van der Waals surface area contributed by atoms with E-state index in [9.17, 15) is 18.0 Å². The van der Waals surface area contributed by atoms with Crippen LogP contribution in [0, 0.1) is 3.57 Å². The topological polar surface area (TPSA) is 35.5 Å². The van der Waals surface area contributed by atoms with Crippen molar-refractivity contribution < 1.29 is 27.4 Å². The first-order valence-corrected chi connectivity index (χ1v) is 6.57. The molecule has 7 heteroatoms. The summed E-state index contributed by atoms with van der Waals surface area (Å²) in [5.41, 5.74) is 1.20. The Kier molecular flexibility index (Phi) is 4.34. The molecular formula is C12H10F3IO3. The average molecular weight is 386 g/mol. The Morgan fingerprint density at radius 3 is 2.84 bits per heavy atom. The van der Waals surface area contributed by atoms with Crippen LogP contribution in [0.4, 0.5) is 13.2 Å². The van der Waals surface area contributed by atoms with Gasteiger partial charge in [0.1, 0.15) is 19.0 Å². The van der Waals surface area contributed by atoms with Gasteiger partial charge in [-0.1, -0.05) is 0 Å². The Morgan fingerprint density at radius 2 is 2.16 bits per heavy atom. The summed E-state index contributed by atoms with van der Waals surface area (Å²) in [4.78, 5) is 11.9. The first-order valence-electron chi connectivity index (χ1n) is 5.50. The molecule has 1 heterocycles. The maximum Gasteiger partial charge on any atom is 0.411 e. The number of alkyl halides is 3. The van der Waals surface area contributed by atoms with Crippen molar-refractivity contribution in [3.05, 3.63) is 26.8 Å². The van der Waals surface area contributed by atoms with Gasteiger partial charge >= 0.3 is 6.18 Å². The molecule has 1 aromatic carbocycles. The van der Waals surface area contributed by atoms with Crippen molar-refractivity contribution in [3.8, 4) is 5.75 Å². The van der Waals surface area contributed by atoms with Gasteiger partial charge in [0.05, 0.1) is 12.2 Å². The highest BCUT2D eigenvalue weighted by Crippen LogP contribution is 2.32. The summed E-state index contributed by atoms with van der Waals surface area (Å²) in [5, 5.41) is 0. The molecule has 3 nitrogen and oxygen atoms in total. The number of rotatable bonds is 4. The molecule has 0 bridgehead atoms. The van der Waals surface area contributed by atoms with Gasteiger partial charge in [0.2, 0.25) is 0 Å². The minimum atomic E-state index is -4.43. The number of carbonyl (C=O) groups excluding carboxylic acids is 1. The van der Waals surface area contributed by atoms with Gasteiger partial charge in [0.25, 0.3) is 0 Å². The second kappa shape index (κ2) is 5.66. The van der Waals surface area contributed by atoms with E-state index in [0.29, 0.717) is 24.3 Å². The van der Waals surface area contributed by atoms with E-state index < -0.39 is 25.2 Å². The van der Waals surface area contributed by atoms with Crippen LogP contribution in [0.2, 0.25) is 0 Å². The minimum absolute atomic E-state index is 0.293. The lowest BCUT2D eigenvalue weighted by Crippen LogP contribution is -2.20. The Labute approximate surface area is 121 Å². The molecular weight excluding hydrogens is 376 g/mol. The molecule has 2 rings (SSSR count). The van der Waals surface area contributed by atoms with E-state index in [4.69, 9.17) is 4.74 Å². The third kappa shape index (κ3) is 3.82. The monoisotopic (exact) mass is 386 g/mol. The van der Waals surface area contributed by atoms with Crippen LogP contribution < -0.4 is 4.74 Å². The van der Waals surface area contributed by atoms with Crippen molar-refractivity contribution >= 4 is 28.4 Å². The number of Topliss-reactive ketones (excluding diaryl/α,β-unsaturated/α-hetero) is 1. The van der Waals surface area contributed by atoms with Gasteiger partial charge in [-0.3, -0.25) is 4.79 Å². The van der Waals surface area contributed by atoms with E-state index in [-0.39, 0.29) is 0 Å². The molecule has 0 radical (unpaired) electrons. The third-order valence-corrected chi connectivity index (χ3v) is 3.17. The maximum atomic E-state index is 11.9. The highest BCUT2D eigenvalue weighted by atomic mass is 127. The van der Waals surface area contributed by atoms with Crippen LogP contribution in [0.1, 0.15) is 15.9 Å². The summed E-state index contributed by atoms with van der Waals surface area (Å²) in [6.07, 6.45) is -3.72. The number of benzene rings is 1. The van der Waals surface area contributed by atoms with E-state index in [0.717, 1.165) is 9.13 Å². The van der Waals surface area contributed by atoms with Gasteiger partial charge in [-0.15, -0.1) is 0 Å². The smallest absolute Gasteiger partial charge is 0.411 e. The Bertz CT molecular complexity index is 500. The van der Waals surface area contributed by atoms with Crippen LogP contribution in [0.3, 0.4) is 0 Å². The summed E-state index contributed by atoms with van der Waals surface area (Å²) < 4.78 is 46.4. The number of ketones is 1. The molecule has 0 unspecified atom stereocenters. The van der Waals surface area contributed by atoms with Crippen molar-refractivity contribution in [2.75, 3.05) is 19.8 Å². The second-order valence-electron chi connectivity index (χ2n) is 4.07. The van der Waals surface area contributed by atoms with Crippen molar-refractivity contribution in [2.45, 2.75) is 12.6 Å². The first-order chi connectivity index (χ1) is 8.87. The first kappa shape index (κ1) is 14.6. The molecule has 0 amide bonds. The van der Waals surface area contributed by atoms with Crippen LogP contribution in [0.25, 0.3) is 0 Å². The normalized spacial score (nSPS) is 14.1. The Hall–Kier alpha value is -0.830. The van der Waals surface area contributed by atoms with Gasteiger partial charge in [0, 0.05) is 9.99 Å². The van der Waals surface area contributed by atoms with Crippen LogP contribution in [0.15, 0.2) is 12.1 Å². The molecule has 0 saturated carbocycles. The fraction of sp³-hybridized carbons (Fsp3) is 0.417. The minimum Gasteiger partial charge on any atom is -0.492 e. The number of ether oxygens (including phenoxy) is 2. The molecule has 19 heavy (non-hydrogen) atoms. The van der Waals surface area contributed by atoms with Crippen molar-refractivity contribution in [1.29, 1.82) is 0 Å². The van der Waals surface area contributed by atoms with Gasteiger partial charge in [-0.05, 0) is 40.3 Å². The lowest BCUT2D eigenvalue weighted by molar-refractivity contribution is -0.170. The standard InChI is InChI=1S/C12H10F3IO3/c13-12(14,15)6-18-5-10(17)9-4-8(16)3-7-1-2-19-11(7)9/h3-4H,1-2,5-6H2. The average Bonchev–Trinajstić information content (AvgIpc) is 2.73. The third-order valence-electron chi connectivity index (χ3n) is 2.55. The number of fused-ring (bicyclic) bond motifs is 1. The summed E-state index contributed by atoms with van der Waals surface area (Å²) in [5.74, 6) is -0.0260. The summed E-state index contributed by atoms with van der Waals surface area (Å²) in [7, 11) is 0. The highest BCUT2D eigenvalue weighted by Gasteiger charge is 2.28.